The van der Waals surface area contributed by atoms with Crippen LogP contribution in [-0.2, 0) is 4.79 Å². The van der Waals surface area contributed by atoms with Crippen molar-refractivity contribution in [2.45, 2.75) is 5.03 Å². The zero-order valence-corrected chi connectivity index (χ0v) is 13.4. The molecule has 0 saturated carbocycles. The van der Waals surface area contributed by atoms with Gasteiger partial charge in [0.15, 0.2) is 0 Å². The number of hydrogen-bond acceptors (Lipinski definition) is 4. The van der Waals surface area contributed by atoms with E-state index in [1.54, 1.807) is 24.4 Å². The molecule has 0 saturated heterocycles. The highest BCUT2D eigenvalue weighted by Crippen LogP contribution is 2.23. The lowest BCUT2D eigenvalue weighted by Gasteiger charge is -2.06. The van der Waals surface area contributed by atoms with Gasteiger partial charge in [0.2, 0.25) is 5.91 Å². The summed E-state index contributed by atoms with van der Waals surface area (Å²) < 4.78 is 0.906. The van der Waals surface area contributed by atoms with E-state index in [0.29, 0.717) is 16.4 Å². The van der Waals surface area contributed by atoms with E-state index in [2.05, 4.69) is 26.2 Å². The SMILES string of the molecule is Nc1cc(NC(=O)CSc2ccc(Br)cn2)ccc1Cl. The number of nitrogens with zero attached hydrogens (tertiary/aromatic N) is 1. The van der Waals surface area contributed by atoms with Gasteiger partial charge >= 0.3 is 0 Å². The van der Waals surface area contributed by atoms with Crippen LogP contribution in [0.3, 0.4) is 0 Å². The normalized spacial score (nSPS) is 10.3. The Kier molecular flexibility index (Phi) is 5.28. The van der Waals surface area contributed by atoms with Crippen molar-refractivity contribution in [1.29, 1.82) is 0 Å². The van der Waals surface area contributed by atoms with Crippen molar-refractivity contribution >= 4 is 56.6 Å². The van der Waals surface area contributed by atoms with Crippen LogP contribution >= 0.6 is 39.3 Å². The Hall–Kier alpha value is -1.24. The zero-order valence-electron chi connectivity index (χ0n) is 10.3. The lowest BCUT2D eigenvalue weighted by molar-refractivity contribution is -0.113. The molecule has 7 heteroatoms. The number of benzene rings is 1. The molecule has 1 aromatic carbocycles. The smallest absolute Gasteiger partial charge is 0.234 e. The van der Waals surface area contributed by atoms with Crippen LogP contribution < -0.4 is 11.1 Å². The Morgan fingerprint density at radius 2 is 2.20 bits per heavy atom. The minimum Gasteiger partial charge on any atom is -0.397 e. The van der Waals surface area contributed by atoms with Crippen LogP contribution in [-0.4, -0.2) is 16.6 Å². The van der Waals surface area contributed by atoms with Crippen molar-refractivity contribution in [3.63, 3.8) is 0 Å². The van der Waals surface area contributed by atoms with E-state index >= 15 is 0 Å². The average Bonchev–Trinajstić information content (AvgIpc) is 2.42. The van der Waals surface area contributed by atoms with E-state index in [4.69, 9.17) is 17.3 Å². The summed E-state index contributed by atoms with van der Waals surface area (Å²) in [4.78, 5) is 16.0. The number of anilines is 2. The molecule has 0 aliphatic heterocycles. The number of nitrogens with two attached hydrogens (primary N) is 1. The second-order valence-electron chi connectivity index (χ2n) is 3.89. The molecule has 2 aromatic rings. The molecular weight excluding hydrogens is 362 g/mol. The molecule has 0 radical (unpaired) electrons. The van der Waals surface area contributed by atoms with Gasteiger partial charge < -0.3 is 11.1 Å². The molecule has 0 spiro atoms. The van der Waals surface area contributed by atoms with Crippen molar-refractivity contribution in [3.8, 4) is 0 Å². The Morgan fingerprint density at radius 1 is 1.40 bits per heavy atom. The van der Waals surface area contributed by atoms with Crippen LogP contribution in [0, 0.1) is 0 Å². The summed E-state index contributed by atoms with van der Waals surface area (Å²) >= 11 is 10.5. The molecule has 4 nitrogen and oxygen atoms in total. The number of halogens is 2. The Balaban J connectivity index is 1.89. The maximum absolute atomic E-state index is 11.8. The van der Waals surface area contributed by atoms with Crippen LogP contribution in [0.2, 0.25) is 5.02 Å². The van der Waals surface area contributed by atoms with Gasteiger partial charge in [0.1, 0.15) is 0 Å². The second kappa shape index (κ2) is 6.97. The first-order valence-corrected chi connectivity index (χ1v) is 7.79. The molecule has 0 atom stereocenters. The van der Waals surface area contributed by atoms with E-state index < -0.39 is 0 Å². The van der Waals surface area contributed by atoms with Gasteiger partial charge in [-0.1, -0.05) is 23.4 Å². The summed E-state index contributed by atoms with van der Waals surface area (Å²) in [5, 5.41) is 4.02. The first-order valence-electron chi connectivity index (χ1n) is 5.64. The highest BCUT2D eigenvalue weighted by atomic mass is 79.9. The summed E-state index contributed by atoms with van der Waals surface area (Å²) in [5.41, 5.74) is 6.74. The molecule has 104 valence electrons. The number of amides is 1. The summed E-state index contributed by atoms with van der Waals surface area (Å²) in [6.07, 6.45) is 1.69. The monoisotopic (exact) mass is 371 g/mol. The summed E-state index contributed by atoms with van der Waals surface area (Å²) in [7, 11) is 0. The molecule has 0 fully saturated rings. The zero-order chi connectivity index (χ0) is 14.5. The van der Waals surface area contributed by atoms with E-state index in [1.807, 2.05) is 12.1 Å². The number of nitrogens with one attached hydrogen (secondary N) is 1. The number of nitrogen functional groups attached to an aromatic ring is 1. The quantitative estimate of drug-likeness (QED) is 0.632. The van der Waals surface area contributed by atoms with Crippen molar-refractivity contribution < 1.29 is 4.79 Å². The lowest BCUT2D eigenvalue weighted by Crippen LogP contribution is -2.14. The molecule has 1 heterocycles. The molecular formula is C13H11BrClN3OS. The van der Waals surface area contributed by atoms with Crippen molar-refractivity contribution in [2.24, 2.45) is 0 Å². The largest absolute Gasteiger partial charge is 0.397 e. The van der Waals surface area contributed by atoms with Crippen LogP contribution in [0.25, 0.3) is 0 Å². The molecule has 3 N–H and O–H groups in total. The van der Waals surface area contributed by atoms with Crippen molar-refractivity contribution in [3.05, 3.63) is 46.0 Å². The van der Waals surface area contributed by atoms with E-state index in [0.717, 1.165) is 9.50 Å². The standard InChI is InChI=1S/C13H11BrClN3OS/c14-8-1-4-13(17-6-8)20-7-12(19)18-9-2-3-10(15)11(16)5-9/h1-6H,7,16H2,(H,18,19). The molecule has 0 aliphatic rings. The maximum atomic E-state index is 11.8. The number of rotatable bonds is 4. The van der Waals surface area contributed by atoms with Crippen LogP contribution in [0.5, 0.6) is 0 Å². The first kappa shape index (κ1) is 15.2. The lowest BCUT2D eigenvalue weighted by atomic mass is 10.3. The van der Waals surface area contributed by atoms with Crippen LogP contribution in [0.4, 0.5) is 11.4 Å². The van der Waals surface area contributed by atoms with Gasteiger partial charge in [-0.15, -0.1) is 0 Å². The third-order valence-corrected chi connectivity index (χ3v) is 4.09. The number of aromatic nitrogens is 1. The third kappa shape index (κ3) is 4.40. The van der Waals surface area contributed by atoms with E-state index in [9.17, 15) is 4.79 Å². The third-order valence-electron chi connectivity index (χ3n) is 2.33. The van der Waals surface area contributed by atoms with Gasteiger partial charge in [-0.2, -0.15) is 0 Å². The average molecular weight is 373 g/mol. The second-order valence-corrected chi connectivity index (χ2v) is 6.21. The van der Waals surface area contributed by atoms with E-state index in [1.165, 1.54) is 11.8 Å². The molecule has 20 heavy (non-hydrogen) atoms. The number of hydrogen-bond donors (Lipinski definition) is 2. The van der Waals surface area contributed by atoms with Gasteiger partial charge in [0.05, 0.1) is 21.5 Å². The molecule has 1 aromatic heterocycles. The minimum atomic E-state index is -0.124. The topological polar surface area (TPSA) is 68.0 Å². The highest BCUT2D eigenvalue weighted by molar-refractivity contribution is 9.10. The summed E-state index contributed by atoms with van der Waals surface area (Å²) in [6.45, 7) is 0. The van der Waals surface area contributed by atoms with Gasteiger partial charge in [-0.25, -0.2) is 4.98 Å². The highest BCUT2D eigenvalue weighted by Gasteiger charge is 2.06. The van der Waals surface area contributed by atoms with Crippen LogP contribution in [0.1, 0.15) is 0 Å². The van der Waals surface area contributed by atoms with Gasteiger partial charge in [-0.3, -0.25) is 4.79 Å². The predicted molar refractivity (Wildman–Crippen MR) is 87.2 cm³/mol. The fourth-order valence-electron chi connectivity index (χ4n) is 1.41. The summed E-state index contributed by atoms with van der Waals surface area (Å²) in [6, 6.07) is 8.72. The predicted octanol–water partition coefficient (Wildman–Crippen LogP) is 3.81. The number of carbonyl (C=O) groups is 1. The van der Waals surface area contributed by atoms with Gasteiger partial charge in [0, 0.05) is 16.4 Å². The molecule has 0 aliphatic carbocycles. The Bertz CT molecular complexity index is 622. The number of carbonyl (C=O) groups excluding carboxylic acids is 1. The Labute approximate surface area is 134 Å². The fraction of sp³-hybridized carbons (Fsp3) is 0.0769. The molecule has 0 bridgehead atoms. The van der Waals surface area contributed by atoms with Gasteiger partial charge in [-0.05, 0) is 46.3 Å². The molecule has 0 unspecified atom stereocenters. The first-order chi connectivity index (χ1) is 9.54. The number of pyridine rings is 1. The van der Waals surface area contributed by atoms with Gasteiger partial charge in [0.25, 0.3) is 0 Å². The summed E-state index contributed by atoms with van der Waals surface area (Å²) in [5.74, 6) is 0.151. The Morgan fingerprint density at radius 3 is 2.85 bits per heavy atom. The maximum Gasteiger partial charge on any atom is 0.234 e. The molecule has 1 amide bonds. The minimum absolute atomic E-state index is 0.124. The van der Waals surface area contributed by atoms with Crippen LogP contribution in [0.15, 0.2) is 46.0 Å². The van der Waals surface area contributed by atoms with E-state index in [-0.39, 0.29) is 11.7 Å². The van der Waals surface area contributed by atoms with Crippen molar-refractivity contribution in [2.75, 3.05) is 16.8 Å². The molecule has 2 rings (SSSR count). The fourth-order valence-corrected chi connectivity index (χ4v) is 2.40. The number of thioether (sulfide) groups is 1. The van der Waals surface area contributed by atoms with Crippen molar-refractivity contribution in [1.82, 2.24) is 4.98 Å².